The number of hydrogen-bond donors (Lipinski definition) is 1. The molecule has 5 heteroatoms. The summed E-state index contributed by atoms with van der Waals surface area (Å²) in [5.74, 6) is 1.97. The van der Waals surface area contributed by atoms with Gasteiger partial charge in [-0.3, -0.25) is 0 Å². The Morgan fingerprint density at radius 2 is 1.95 bits per heavy atom. The van der Waals surface area contributed by atoms with Crippen molar-refractivity contribution in [3.8, 4) is 11.6 Å². The van der Waals surface area contributed by atoms with Gasteiger partial charge in [0, 0.05) is 12.3 Å². The minimum atomic E-state index is 0.0964. The third-order valence-corrected chi connectivity index (χ3v) is 2.38. The summed E-state index contributed by atoms with van der Waals surface area (Å²) in [6.07, 6.45) is 1.77. The number of nitrogens with zero attached hydrogens (tertiary/aromatic N) is 2. The van der Waals surface area contributed by atoms with Gasteiger partial charge in [0.2, 0.25) is 11.8 Å². The number of anilines is 1. The first-order valence-electron chi connectivity index (χ1n) is 6.65. The van der Waals surface area contributed by atoms with E-state index in [1.54, 1.807) is 12.3 Å². The maximum absolute atomic E-state index is 5.57. The highest BCUT2D eigenvalue weighted by molar-refractivity contribution is 5.27. The molecule has 0 bridgehead atoms. The molecule has 1 N–H and O–H groups in total. The third-order valence-electron chi connectivity index (χ3n) is 2.38. The Balaban J connectivity index is 1.76. The van der Waals surface area contributed by atoms with E-state index in [9.17, 15) is 0 Å². The zero-order chi connectivity index (χ0) is 14.2. The molecule has 2 aromatic rings. The fraction of sp³-hybridized carbons (Fsp3) is 0.333. The summed E-state index contributed by atoms with van der Waals surface area (Å²) in [7, 11) is 0. The van der Waals surface area contributed by atoms with Gasteiger partial charge in [-0.25, -0.2) is 4.98 Å². The highest BCUT2D eigenvalue weighted by Crippen LogP contribution is 2.10. The van der Waals surface area contributed by atoms with Crippen LogP contribution < -0.4 is 14.8 Å². The number of nitrogens with one attached hydrogen (secondary N) is 1. The second-order valence-electron chi connectivity index (χ2n) is 4.47. The minimum Gasteiger partial charge on any atom is -0.492 e. The Hall–Kier alpha value is -2.30. The highest BCUT2D eigenvalue weighted by Gasteiger charge is 2.01. The van der Waals surface area contributed by atoms with Gasteiger partial charge in [0.15, 0.2) is 0 Å². The third kappa shape index (κ3) is 4.76. The van der Waals surface area contributed by atoms with E-state index in [0.29, 0.717) is 25.0 Å². The van der Waals surface area contributed by atoms with E-state index < -0.39 is 0 Å². The van der Waals surface area contributed by atoms with Crippen LogP contribution in [0.3, 0.4) is 0 Å². The lowest BCUT2D eigenvalue weighted by Gasteiger charge is -2.10. The van der Waals surface area contributed by atoms with Crippen molar-refractivity contribution in [2.24, 2.45) is 0 Å². The van der Waals surface area contributed by atoms with Gasteiger partial charge in [0.25, 0.3) is 0 Å². The number of hydrogen-bond acceptors (Lipinski definition) is 5. The molecular formula is C15H19N3O2. The second kappa shape index (κ2) is 7.33. The van der Waals surface area contributed by atoms with Gasteiger partial charge in [-0.05, 0) is 26.0 Å². The fourth-order valence-corrected chi connectivity index (χ4v) is 1.58. The normalized spacial score (nSPS) is 10.3. The largest absolute Gasteiger partial charge is 0.492 e. The molecule has 0 aliphatic rings. The van der Waals surface area contributed by atoms with E-state index in [4.69, 9.17) is 9.47 Å². The maximum atomic E-state index is 5.57. The maximum Gasteiger partial charge on any atom is 0.226 e. The number of ether oxygens (including phenoxy) is 2. The van der Waals surface area contributed by atoms with Gasteiger partial charge >= 0.3 is 0 Å². The van der Waals surface area contributed by atoms with Crippen molar-refractivity contribution in [2.75, 3.05) is 18.5 Å². The Kier molecular flexibility index (Phi) is 5.17. The standard InChI is InChI=1S/C15H19N3O2/c1-12(2)20-14-8-9-16-15(18-14)17-10-11-19-13-6-4-3-5-7-13/h3-9,12H,10-11H2,1-2H3,(H,16,17,18). The molecule has 0 aliphatic heterocycles. The van der Waals surface area contributed by atoms with Crippen LogP contribution in [-0.2, 0) is 0 Å². The van der Waals surface area contributed by atoms with Crippen LogP contribution >= 0.6 is 0 Å². The van der Waals surface area contributed by atoms with E-state index in [-0.39, 0.29) is 6.10 Å². The van der Waals surface area contributed by atoms with Crippen LogP contribution in [0.5, 0.6) is 11.6 Å². The Morgan fingerprint density at radius 3 is 2.70 bits per heavy atom. The molecule has 0 saturated heterocycles. The molecule has 1 heterocycles. The summed E-state index contributed by atoms with van der Waals surface area (Å²) < 4.78 is 11.1. The first-order chi connectivity index (χ1) is 9.74. The molecule has 5 nitrogen and oxygen atoms in total. The SMILES string of the molecule is CC(C)Oc1ccnc(NCCOc2ccccc2)n1. The van der Waals surface area contributed by atoms with E-state index >= 15 is 0 Å². The summed E-state index contributed by atoms with van der Waals surface area (Å²) in [6.45, 7) is 5.09. The van der Waals surface area contributed by atoms with Crippen LogP contribution in [-0.4, -0.2) is 29.2 Å². The molecule has 20 heavy (non-hydrogen) atoms. The number of rotatable bonds is 7. The van der Waals surface area contributed by atoms with Crippen molar-refractivity contribution in [1.82, 2.24) is 9.97 Å². The molecule has 0 saturated carbocycles. The summed E-state index contributed by atoms with van der Waals surface area (Å²) in [5, 5.41) is 3.10. The van der Waals surface area contributed by atoms with Crippen molar-refractivity contribution in [3.63, 3.8) is 0 Å². The Bertz CT molecular complexity index is 518. The Morgan fingerprint density at radius 1 is 1.15 bits per heavy atom. The second-order valence-corrected chi connectivity index (χ2v) is 4.47. The molecule has 0 amide bonds. The van der Waals surface area contributed by atoms with Crippen LogP contribution in [0.15, 0.2) is 42.6 Å². The van der Waals surface area contributed by atoms with Gasteiger partial charge in [-0.15, -0.1) is 0 Å². The first kappa shape index (κ1) is 14.1. The highest BCUT2D eigenvalue weighted by atomic mass is 16.5. The van der Waals surface area contributed by atoms with Crippen molar-refractivity contribution >= 4 is 5.95 Å². The lowest BCUT2D eigenvalue weighted by atomic mass is 10.3. The van der Waals surface area contributed by atoms with E-state index in [1.165, 1.54) is 0 Å². The predicted molar refractivity (Wildman–Crippen MR) is 78.2 cm³/mol. The Labute approximate surface area is 119 Å². The molecule has 2 rings (SSSR count). The van der Waals surface area contributed by atoms with Crippen LogP contribution in [0, 0.1) is 0 Å². The molecule has 0 atom stereocenters. The van der Waals surface area contributed by atoms with Crippen molar-refractivity contribution < 1.29 is 9.47 Å². The van der Waals surface area contributed by atoms with E-state index in [0.717, 1.165) is 5.75 Å². The molecule has 106 valence electrons. The van der Waals surface area contributed by atoms with Gasteiger partial charge < -0.3 is 14.8 Å². The zero-order valence-electron chi connectivity index (χ0n) is 11.7. The van der Waals surface area contributed by atoms with Crippen molar-refractivity contribution in [3.05, 3.63) is 42.6 Å². The average Bonchev–Trinajstić information content (AvgIpc) is 2.44. The van der Waals surface area contributed by atoms with E-state index in [2.05, 4.69) is 15.3 Å². The molecule has 0 unspecified atom stereocenters. The number of benzene rings is 1. The van der Waals surface area contributed by atoms with Crippen LogP contribution in [0.1, 0.15) is 13.8 Å². The van der Waals surface area contributed by atoms with Crippen LogP contribution in [0.25, 0.3) is 0 Å². The van der Waals surface area contributed by atoms with Crippen LogP contribution in [0.4, 0.5) is 5.95 Å². The molecule has 0 fully saturated rings. The molecular weight excluding hydrogens is 254 g/mol. The van der Waals surface area contributed by atoms with Crippen molar-refractivity contribution in [1.29, 1.82) is 0 Å². The lowest BCUT2D eigenvalue weighted by Crippen LogP contribution is -2.14. The van der Waals surface area contributed by atoms with E-state index in [1.807, 2.05) is 44.2 Å². The monoisotopic (exact) mass is 273 g/mol. The summed E-state index contributed by atoms with van der Waals surface area (Å²) in [4.78, 5) is 8.39. The van der Waals surface area contributed by atoms with Gasteiger partial charge in [-0.1, -0.05) is 18.2 Å². The zero-order valence-corrected chi connectivity index (χ0v) is 11.7. The summed E-state index contributed by atoms with van der Waals surface area (Å²) in [5.41, 5.74) is 0. The average molecular weight is 273 g/mol. The smallest absolute Gasteiger partial charge is 0.226 e. The molecule has 0 aliphatic carbocycles. The molecule has 0 radical (unpaired) electrons. The summed E-state index contributed by atoms with van der Waals surface area (Å²) in [6, 6.07) is 11.4. The van der Waals surface area contributed by atoms with Gasteiger partial charge in [0.05, 0.1) is 12.6 Å². The lowest BCUT2D eigenvalue weighted by molar-refractivity contribution is 0.232. The summed E-state index contributed by atoms with van der Waals surface area (Å²) >= 11 is 0. The topological polar surface area (TPSA) is 56.3 Å². The quantitative estimate of drug-likeness (QED) is 0.786. The predicted octanol–water partition coefficient (Wildman–Crippen LogP) is 2.75. The van der Waals surface area contributed by atoms with Crippen molar-refractivity contribution in [2.45, 2.75) is 20.0 Å². The number of aromatic nitrogens is 2. The molecule has 1 aromatic carbocycles. The minimum absolute atomic E-state index is 0.0964. The first-order valence-corrected chi connectivity index (χ1v) is 6.65. The molecule has 0 spiro atoms. The number of para-hydroxylation sites is 1. The fourth-order valence-electron chi connectivity index (χ4n) is 1.58. The van der Waals surface area contributed by atoms with Gasteiger partial charge in [0.1, 0.15) is 12.4 Å². The molecule has 1 aromatic heterocycles. The van der Waals surface area contributed by atoms with Crippen LogP contribution in [0.2, 0.25) is 0 Å². The van der Waals surface area contributed by atoms with Gasteiger partial charge in [-0.2, -0.15) is 4.98 Å².